The zero-order valence-electron chi connectivity index (χ0n) is 9.40. The normalized spacial score (nSPS) is 23.6. The minimum absolute atomic E-state index is 0.149. The molecule has 92 valence electrons. The standard InChI is InChI=1S/C12H15BrN2O2/c13-11-9(4-2-6-14-11)12(17)15-7-8-3-1-5-10(8)16/h2,4,6,8,10,16H,1,3,5,7H2,(H,15,17). The third-order valence-electron chi connectivity index (χ3n) is 3.15. The van der Waals surface area contributed by atoms with Crippen molar-refractivity contribution in [2.75, 3.05) is 6.54 Å². The van der Waals surface area contributed by atoms with Crippen molar-refractivity contribution in [1.82, 2.24) is 10.3 Å². The topological polar surface area (TPSA) is 62.2 Å². The van der Waals surface area contributed by atoms with E-state index >= 15 is 0 Å². The Morgan fingerprint density at radius 2 is 2.41 bits per heavy atom. The first-order valence-electron chi connectivity index (χ1n) is 5.75. The Hall–Kier alpha value is -0.940. The molecule has 5 heteroatoms. The minimum atomic E-state index is -0.271. The van der Waals surface area contributed by atoms with Crippen molar-refractivity contribution >= 4 is 21.8 Å². The minimum Gasteiger partial charge on any atom is -0.393 e. The number of halogens is 1. The van der Waals surface area contributed by atoms with Crippen LogP contribution in [0, 0.1) is 5.92 Å². The molecule has 1 saturated carbocycles. The maximum atomic E-state index is 11.9. The second-order valence-electron chi connectivity index (χ2n) is 4.31. The van der Waals surface area contributed by atoms with Gasteiger partial charge in [-0.1, -0.05) is 6.42 Å². The Balaban J connectivity index is 1.91. The van der Waals surface area contributed by atoms with Gasteiger partial charge in [0, 0.05) is 18.7 Å². The lowest BCUT2D eigenvalue weighted by molar-refractivity contribution is 0.0915. The molecule has 2 atom stereocenters. The lowest BCUT2D eigenvalue weighted by atomic mass is 10.1. The molecule has 0 bridgehead atoms. The Kier molecular flexibility index (Phi) is 4.12. The summed E-state index contributed by atoms with van der Waals surface area (Å²) in [6.07, 6.45) is 4.22. The highest BCUT2D eigenvalue weighted by Gasteiger charge is 2.25. The zero-order chi connectivity index (χ0) is 12.3. The maximum absolute atomic E-state index is 11.9. The molecule has 2 unspecified atom stereocenters. The second kappa shape index (κ2) is 5.60. The molecule has 1 aromatic rings. The lowest BCUT2D eigenvalue weighted by Crippen LogP contribution is -2.32. The highest BCUT2D eigenvalue weighted by molar-refractivity contribution is 9.10. The van der Waals surface area contributed by atoms with Crippen LogP contribution < -0.4 is 5.32 Å². The first kappa shape index (κ1) is 12.5. The summed E-state index contributed by atoms with van der Waals surface area (Å²) < 4.78 is 0.546. The monoisotopic (exact) mass is 298 g/mol. The second-order valence-corrected chi connectivity index (χ2v) is 5.06. The van der Waals surface area contributed by atoms with Gasteiger partial charge in [0.1, 0.15) is 4.60 Å². The van der Waals surface area contributed by atoms with Crippen LogP contribution in [0.25, 0.3) is 0 Å². The van der Waals surface area contributed by atoms with Gasteiger partial charge >= 0.3 is 0 Å². The number of aliphatic hydroxyl groups excluding tert-OH is 1. The molecule has 4 nitrogen and oxygen atoms in total. The van der Waals surface area contributed by atoms with Crippen LogP contribution in [0.15, 0.2) is 22.9 Å². The summed E-state index contributed by atoms with van der Waals surface area (Å²) in [5.74, 6) is 0.0403. The van der Waals surface area contributed by atoms with Gasteiger partial charge in [0.25, 0.3) is 5.91 Å². The summed E-state index contributed by atoms with van der Waals surface area (Å²) in [6, 6.07) is 3.45. The molecule has 1 heterocycles. The smallest absolute Gasteiger partial charge is 0.254 e. The van der Waals surface area contributed by atoms with Gasteiger partial charge in [-0.2, -0.15) is 0 Å². The molecule has 1 aromatic heterocycles. The Morgan fingerprint density at radius 3 is 3.06 bits per heavy atom. The van der Waals surface area contributed by atoms with Crippen molar-refractivity contribution < 1.29 is 9.90 Å². The molecule has 1 amide bonds. The predicted octanol–water partition coefficient (Wildman–Crippen LogP) is 1.73. The number of pyridine rings is 1. The lowest BCUT2D eigenvalue weighted by Gasteiger charge is -2.15. The van der Waals surface area contributed by atoms with Crippen LogP contribution in [0.2, 0.25) is 0 Å². The Labute approximate surface area is 109 Å². The predicted molar refractivity (Wildman–Crippen MR) is 67.6 cm³/mol. The van der Waals surface area contributed by atoms with E-state index in [1.807, 2.05) is 0 Å². The number of rotatable bonds is 3. The molecule has 0 radical (unpaired) electrons. The van der Waals surface area contributed by atoms with Crippen LogP contribution in [0.3, 0.4) is 0 Å². The number of carbonyl (C=O) groups is 1. The number of aliphatic hydroxyl groups is 1. The van der Waals surface area contributed by atoms with Gasteiger partial charge in [-0.3, -0.25) is 4.79 Å². The summed E-state index contributed by atoms with van der Waals surface area (Å²) in [4.78, 5) is 15.9. The fourth-order valence-corrected chi connectivity index (χ4v) is 2.56. The van der Waals surface area contributed by atoms with Crippen molar-refractivity contribution in [2.24, 2.45) is 5.92 Å². The third kappa shape index (κ3) is 3.04. The highest BCUT2D eigenvalue weighted by atomic mass is 79.9. The number of nitrogens with zero attached hydrogens (tertiary/aromatic N) is 1. The number of aromatic nitrogens is 1. The number of amides is 1. The Bertz CT molecular complexity index is 411. The summed E-state index contributed by atoms with van der Waals surface area (Å²) in [5.41, 5.74) is 0.528. The summed E-state index contributed by atoms with van der Waals surface area (Å²) in [6.45, 7) is 0.529. The van der Waals surface area contributed by atoms with E-state index in [0.29, 0.717) is 16.7 Å². The molecule has 0 saturated heterocycles. The molecular formula is C12H15BrN2O2. The number of hydrogen-bond donors (Lipinski definition) is 2. The van der Waals surface area contributed by atoms with Gasteiger partial charge < -0.3 is 10.4 Å². The van der Waals surface area contributed by atoms with Crippen LogP contribution >= 0.6 is 15.9 Å². The third-order valence-corrected chi connectivity index (χ3v) is 3.78. The van der Waals surface area contributed by atoms with E-state index < -0.39 is 0 Å². The van der Waals surface area contributed by atoms with Crippen LogP contribution in [0.4, 0.5) is 0 Å². The van der Waals surface area contributed by atoms with E-state index in [2.05, 4.69) is 26.2 Å². The molecule has 1 fully saturated rings. The van der Waals surface area contributed by atoms with E-state index in [9.17, 15) is 9.90 Å². The zero-order valence-corrected chi connectivity index (χ0v) is 11.0. The average Bonchev–Trinajstić information content (AvgIpc) is 2.72. The molecule has 1 aliphatic carbocycles. The molecule has 1 aliphatic rings. The van der Waals surface area contributed by atoms with Crippen LogP contribution in [0.5, 0.6) is 0 Å². The maximum Gasteiger partial charge on any atom is 0.254 e. The van der Waals surface area contributed by atoms with E-state index in [-0.39, 0.29) is 17.9 Å². The summed E-state index contributed by atoms with van der Waals surface area (Å²) >= 11 is 3.24. The summed E-state index contributed by atoms with van der Waals surface area (Å²) in [5, 5.41) is 12.5. The van der Waals surface area contributed by atoms with Crippen LogP contribution in [0.1, 0.15) is 29.6 Å². The van der Waals surface area contributed by atoms with Gasteiger partial charge in [0.05, 0.1) is 11.7 Å². The van der Waals surface area contributed by atoms with E-state index in [0.717, 1.165) is 19.3 Å². The average molecular weight is 299 g/mol. The molecule has 2 N–H and O–H groups in total. The van der Waals surface area contributed by atoms with Crippen molar-refractivity contribution in [3.05, 3.63) is 28.5 Å². The molecule has 17 heavy (non-hydrogen) atoms. The van der Waals surface area contributed by atoms with Crippen molar-refractivity contribution in [1.29, 1.82) is 0 Å². The molecule has 0 aliphatic heterocycles. The van der Waals surface area contributed by atoms with Crippen LogP contribution in [-0.2, 0) is 0 Å². The number of carbonyl (C=O) groups excluding carboxylic acids is 1. The van der Waals surface area contributed by atoms with Crippen molar-refractivity contribution in [3.63, 3.8) is 0 Å². The van der Waals surface area contributed by atoms with Crippen molar-refractivity contribution in [3.8, 4) is 0 Å². The number of hydrogen-bond acceptors (Lipinski definition) is 3. The SMILES string of the molecule is O=C(NCC1CCCC1O)c1cccnc1Br. The van der Waals surface area contributed by atoms with E-state index in [4.69, 9.17) is 0 Å². The van der Waals surface area contributed by atoms with Gasteiger partial charge in [0.2, 0.25) is 0 Å². The molecule has 2 rings (SSSR count). The Morgan fingerprint density at radius 1 is 1.59 bits per heavy atom. The van der Waals surface area contributed by atoms with Crippen molar-refractivity contribution in [2.45, 2.75) is 25.4 Å². The molecule has 0 aromatic carbocycles. The van der Waals surface area contributed by atoms with Gasteiger partial charge in [-0.15, -0.1) is 0 Å². The fraction of sp³-hybridized carbons (Fsp3) is 0.500. The van der Waals surface area contributed by atoms with Gasteiger partial charge in [0.15, 0.2) is 0 Å². The highest BCUT2D eigenvalue weighted by Crippen LogP contribution is 2.24. The molecular weight excluding hydrogens is 284 g/mol. The van der Waals surface area contributed by atoms with Gasteiger partial charge in [-0.05, 0) is 40.9 Å². The van der Waals surface area contributed by atoms with E-state index in [1.165, 1.54) is 0 Å². The first-order chi connectivity index (χ1) is 8.18. The van der Waals surface area contributed by atoms with Crippen LogP contribution in [-0.4, -0.2) is 28.6 Å². The fourth-order valence-electron chi connectivity index (χ4n) is 2.13. The van der Waals surface area contributed by atoms with Gasteiger partial charge in [-0.25, -0.2) is 4.98 Å². The largest absolute Gasteiger partial charge is 0.393 e. The first-order valence-corrected chi connectivity index (χ1v) is 6.54. The summed E-state index contributed by atoms with van der Waals surface area (Å²) in [7, 11) is 0. The van der Waals surface area contributed by atoms with E-state index in [1.54, 1.807) is 18.3 Å². The molecule has 0 spiro atoms. The number of nitrogens with one attached hydrogen (secondary N) is 1. The quantitative estimate of drug-likeness (QED) is 0.836.